The van der Waals surface area contributed by atoms with Crippen molar-refractivity contribution >= 4 is 0 Å². The van der Waals surface area contributed by atoms with E-state index in [1.165, 1.54) is 25.7 Å². The molecular weight excluding hydrogens is 190 g/mol. The molecule has 84 valence electrons. The SMILES string of the molecule is CCCC1(CC(N)Cc2nn[nH]n2)CC1. The second-order valence-electron chi connectivity index (χ2n) is 4.75. The third-order valence-electron chi connectivity index (χ3n) is 3.27. The third-order valence-corrected chi connectivity index (χ3v) is 3.27. The van der Waals surface area contributed by atoms with Crippen molar-refractivity contribution in [2.45, 2.75) is 51.5 Å². The number of hydrogen-bond donors (Lipinski definition) is 2. The van der Waals surface area contributed by atoms with Gasteiger partial charge in [0.15, 0.2) is 5.82 Å². The lowest BCUT2D eigenvalue weighted by atomic mass is 9.91. The van der Waals surface area contributed by atoms with Crippen molar-refractivity contribution in [2.75, 3.05) is 0 Å². The van der Waals surface area contributed by atoms with E-state index < -0.39 is 0 Å². The van der Waals surface area contributed by atoms with Crippen molar-refractivity contribution in [3.63, 3.8) is 0 Å². The predicted molar refractivity (Wildman–Crippen MR) is 57.0 cm³/mol. The van der Waals surface area contributed by atoms with E-state index in [-0.39, 0.29) is 6.04 Å². The number of aromatic amines is 1. The Hall–Kier alpha value is -0.970. The van der Waals surface area contributed by atoms with E-state index in [2.05, 4.69) is 27.5 Å². The highest BCUT2D eigenvalue weighted by molar-refractivity contribution is 4.96. The van der Waals surface area contributed by atoms with E-state index in [1.807, 2.05) is 0 Å². The minimum Gasteiger partial charge on any atom is -0.327 e. The number of nitrogens with two attached hydrogens (primary N) is 1. The van der Waals surface area contributed by atoms with Crippen LogP contribution < -0.4 is 5.73 Å². The lowest BCUT2D eigenvalue weighted by Crippen LogP contribution is -2.27. The first kappa shape index (κ1) is 10.5. The Balaban J connectivity index is 1.80. The molecule has 0 aliphatic heterocycles. The first-order valence-electron chi connectivity index (χ1n) is 5.72. The fraction of sp³-hybridized carbons (Fsp3) is 0.900. The largest absolute Gasteiger partial charge is 0.327 e. The quantitative estimate of drug-likeness (QED) is 0.733. The molecule has 5 heteroatoms. The molecule has 1 aliphatic carbocycles. The van der Waals surface area contributed by atoms with Crippen LogP contribution in [0.3, 0.4) is 0 Å². The van der Waals surface area contributed by atoms with Gasteiger partial charge in [-0.05, 0) is 31.1 Å². The monoisotopic (exact) mass is 209 g/mol. The number of aromatic nitrogens is 4. The van der Waals surface area contributed by atoms with Crippen LogP contribution in [0.2, 0.25) is 0 Å². The molecule has 1 fully saturated rings. The number of rotatable bonds is 6. The molecule has 0 saturated heterocycles. The normalized spacial score (nSPS) is 20.1. The van der Waals surface area contributed by atoms with Gasteiger partial charge in [0.05, 0.1) is 0 Å². The van der Waals surface area contributed by atoms with Crippen LogP contribution in [0.1, 0.15) is 44.9 Å². The average Bonchev–Trinajstić information content (AvgIpc) is 2.75. The minimum atomic E-state index is 0.177. The Morgan fingerprint density at radius 1 is 1.53 bits per heavy atom. The van der Waals surface area contributed by atoms with E-state index >= 15 is 0 Å². The zero-order valence-corrected chi connectivity index (χ0v) is 9.24. The second-order valence-corrected chi connectivity index (χ2v) is 4.75. The van der Waals surface area contributed by atoms with Crippen LogP contribution in [-0.2, 0) is 6.42 Å². The molecule has 1 unspecified atom stereocenters. The van der Waals surface area contributed by atoms with Crippen molar-refractivity contribution in [3.05, 3.63) is 5.82 Å². The zero-order chi connectivity index (χ0) is 10.7. The maximum atomic E-state index is 6.10. The Morgan fingerprint density at radius 2 is 2.33 bits per heavy atom. The fourth-order valence-electron chi connectivity index (χ4n) is 2.40. The van der Waals surface area contributed by atoms with Gasteiger partial charge in [0.25, 0.3) is 0 Å². The van der Waals surface area contributed by atoms with Gasteiger partial charge in [-0.15, -0.1) is 10.2 Å². The van der Waals surface area contributed by atoms with Gasteiger partial charge in [0, 0.05) is 12.5 Å². The molecule has 0 bridgehead atoms. The van der Waals surface area contributed by atoms with Crippen LogP contribution in [0, 0.1) is 5.41 Å². The molecule has 5 nitrogen and oxygen atoms in total. The molecule has 1 saturated carbocycles. The van der Waals surface area contributed by atoms with E-state index in [9.17, 15) is 0 Å². The molecule has 0 spiro atoms. The van der Waals surface area contributed by atoms with Gasteiger partial charge < -0.3 is 5.73 Å². The zero-order valence-electron chi connectivity index (χ0n) is 9.24. The van der Waals surface area contributed by atoms with Crippen molar-refractivity contribution in [1.82, 2.24) is 20.6 Å². The highest BCUT2D eigenvalue weighted by Gasteiger charge is 2.42. The first-order chi connectivity index (χ1) is 7.24. The molecular formula is C10H19N5. The van der Waals surface area contributed by atoms with Crippen molar-refractivity contribution in [3.8, 4) is 0 Å². The van der Waals surface area contributed by atoms with Crippen molar-refractivity contribution in [2.24, 2.45) is 11.1 Å². The maximum Gasteiger partial charge on any atom is 0.176 e. The van der Waals surface area contributed by atoms with E-state index in [0.29, 0.717) is 5.41 Å². The van der Waals surface area contributed by atoms with Gasteiger partial charge in [-0.25, -0.2) is 0 Å². The van der Waals surface area contributed by atoms with E-state index in [0.717, 1.165) is 18.7 Å². The number of hydrogen-bond acceptors (Lipinski definition) is 4. The molecule has 0 amide bonds. The van der Waals surface area contributed by atoms with Gasteiger partial charge in [0.1, 0.15) is 0 Å². The molecule has 1 heterocycles. The van der Waals surface area contributed by atoms with Gasteiger partial charge in [-0.3, -0.25) is 0 Å². The fourth-order valence-corrected chi connectivity index (χ4v) is 2.40. The Morgan fingerprint density at radius 3 is 2.87 bits per heavy atom. The number of tetrazole rings is 1. The Bertz CT molecular complexity index is 291. The summed E-state index contributed by atoms with van der Waals surface area (Å²) >= 11 is 0. The smallest absolute Gasteiger partial charge is 0.176 e. The first-order valence-corrected chi connectivity index (χ1v) is 5.72. The highest BCUT2D eigenvalue weighted by atomic mass is 15.5. The summed E-state index contributed by atoms with van der Waals surface area (Å²) in [6.45, 7) is 2.24. The molecule has 1 aromatic heterocycles. The van der Waals surface area contributed by atoms with Crippen LogP contribution in [0.15, 0.2) is 0 Å². The van der Waals surface area contributed by atoms with E-state index in [1.54, 1.807) is 0 Å². The molecule has 1 aromatic rings. The van der Waals surface area contributed by atoms with Crippen LogP contribution in [0.4, 0.5) is 0 Å². The lowest BCUT2D eigenvalue weighted by Gasteiger charge is -2.18. The third kappa shape index (κ3) is 2.75. The molecule has 0 aromatic carbocycles. The van der Waals surface area contributed by atoms with Crippen LogP contribution in [0.5, 0.6) is 0 Å². The van der Waals surface area contributed by atoms with Crippen molar-refractivity contribution < 1.29 is 0 Å². The van der Waals surface area contributed by atoms with Gasteiger partial charge in [-0.1, -0.05) is 18.6 Å². The van der Waals surface area contributed by atoms with Crippen LogP contribution >= 0.6 is 0 Å². The van der Waals surface area contributed by atoms with Crippen LogP contribution in [-0.4, -0.2) is 26.7 Å². The molecule has 0 radical (unpaired) electrons. The molecule has 15 heavy (non-hydrogen) atoms. The number of nitrogens with zero attached hydrogens (tertiary/aromatic N) is 3. The molecule has 1 atom stereocenters. The number of H-pyrrole nitrogens is 1. The van der Waals surface area contributed by atoms with Crippen molar-refractivity contribution in [1.29, 1.82) is 0 Å². The summed E-state index contributed by atoms with van der Waals surface area (Å²) in [5.74, 6) is 0.731. The molecule has 1 aliphatic rings. The Labute approximate surface area is 89.8 Å². The number of nitrogens with one attached hydrogen (secondary N) is 1. The Kier molecular flexibility index (Phi) is 3.00. The average molecular weight is 209 g/mol. The topological polar surface area (TPSA) is 80.5 Å². The predicted octanol–water partition coefficient (Wildman–Crippen LogP) is 1.04. The summed E-state index contributed by atoms with van der Waals surface area (Å²) in [5, 5.41) is 13.8. The highest BCUT2D eigenvalue weighted by Crippen LogP contribution is 2.53. The molecule has 3 N–H and O–H groups in total. The van der Waals surface area contributed by atoms with E-state index in [4.69, 9.17) is 5.73 Å². The van der Waals surface area contributed by atoms with Gasteiger partial charge >= 0.3 is 0 Å². The lowest BCUT2D eigenvalue weighted by molar-refractivity contribution is 0.377. The standard InChI is InChI=1S/C10H19N5/c1-2-3-10(4-5-10)7-8(11)6-9-12-14-15-13-9/h8H,2-7,11H2,1H3,(H,12,13,14,15). The summed E-state index contributed by atoms with van der Waals surface area (Å²) in [6, 6.07) is 0.177. The summed E-state index contributed by atoms with van der Waals surface area (Å²) in [7, 11) is 0. The summed E-state index contributed by atoms with van der Waals surface area (Å²) in [6.07, 6.45) is 7.11. The molecule has 2 rings (SSSR count). The summed E-state index contributed by atoms with van der Waals surface area (Å²) < 4.78 is 0. The van der Waals surface area contributed by atoms with Gasteiger partial charge in [0.2, 0.25) is 0 Å². The summed E-state index contributed by atoms with van der Waals surface area (Å²) in [5.41, 5.74) is 6.65. The summed E-state index contributed by atoms with van der Waals surface area (Å²) in [4.78, 5) is 0. The van der Waals surface area contributed by atoms with Gasteiger partial charge in [-0.2, -0.15) is 5.21 Å². The van der Waals surface area contributed by atoms with Crippen LogP contribution in [0.25, 0.3) is 0 Å². The second kappa shape index (κ2) is 4.26. The minimum absolute atomic E-state index is 0.177. The maximum absolute atomic E-state index is 6.10.